The van der Waals surface area contributed by atoms with Gasteiger partial charge in [-0.15, -0.1) is 0 Å². The van der Waals surface area contributed by atoms with E-state index in [1.807, 2.05) is 0 Å². The van der Waals surface area contributed by atoms with Gasteiger partial charge in [-0.05, 0) is 31.9 Å². The highest BCUT2D eigenvalue weighted by molar-refractivity contribution is 5.96. The molecular formula is C17H22N2O4. The first-order valence-electron chi connectivity index (χ1n) is 7.92. The van der Waals surface area contributed by atoms with Crippen LogP contribution in [-0.2, 0) is 4.79 Å². The van der Waals surface area contributed by atoms with Crippen LogP contribution in [0.25, 0.3) is 0 Å². The van der Waals surface area contributed by atoms with Gasteiger partial charge in [0.2, 0.25) is 0 Å². The predicted octanol–water partition coefficient (Wildman–Crippen LogP) is 2.42. The average molecular weight is 318 g/mol. The Balaban J connectivity index is 1.84. The molecular weight excluding hydrogens is 296 g/mol. The van der Waals surface area contributed by atoms with Crippen LogP contribution in [0, 0.1) is 0 Å². The Hall–Kier alpha value is -2.37. The maximum atomic E-state index is 12.0. The summed E-state index contributed by atoms with van der Waals surface area (Å²) in [7, 11) is 0. The van der Waals surface area contributed by atoms with Crippen LogP contribution in [0.1, 0.15) is 49.4 Å². The molecule has 23 heavy (non-hydrogen) atoms. The first-order chi connectivity index (χ1) is 11.1. The smallest absolute Gasteiger partial charge is 0.321 e. The minimum absolute atomic E-state index is 0.128. The van der Waals surface area contributed by atoms with Gasteiger partial charge in [0, 0.05) is 6.04 Å². The third-order valence-corrected chi connectivity index (χ3v) is 3.90. The molecule has 1 aromatic carbocycles. The molecule has 1 saturated carbocycles. The zero-order valence-corrected chi connectivity index (χ0v) is 13.2. The Morgan fingerprint density at radius 1 is 1.22 bits per heavy atom. The minimum atomic E-state index is -0.881. The summed E-state index contributed by atoms with van der Waals surface area (Å²) in [6.07, 6.45) is 5.06. The van der Waals surface area contributed by atoms with Crippen molar-refractivity contribution in [3.05, 3.63) is 29.8 Å². The van der Waals surface area contributed by atoms with Crippen molar-refractivity contribution >= 4 is 18.2 Å². The molecule has 2 rings (SSSR count). The molecule has 3 amide bonds. The van der Waals surface area contributed by atoms with Crippen LogP contribution >= 0.6 is 0 Å². The summed E-state index contributed by atoms with van der Waals surface area (Å²) in [4.78, 5) is 34.8. The fourth-order valence-corrected chi connectivity index (χ4v) is 2.61. The zero-order valence-electron chi connectivity index (χ0n) is 13.2. The van der Waals surface area contributed by atoms with Crippen molar-refractivity contribution in [1.29, 1.82) is 0 Å². The van der Waals surface area contributed by atoms with Gasteiger partial charge in [-0.2, -0.15) is 0 Å². The number of urea groups is 1. The molecule has 0 radical (unpaired) electrons. The van der Waals surface area contributed by atoms with E-state index in [2.05, 4.69) is 10.6 Å². The number of aldehydes is 1. The standard InChI is InChI=1S/C17H22N2O4/c1-12(23-15-10-6-5-7-13(15)11-20)16(21)19-17(22)18-14-8-3-2-4-9-14/h5-7,10-12,14H,2-4,8-9H2,1H3,(H2,18,19,21,22)/t12-/m0/s1. The molecule has 6 nitrogen and oxygen atoms in total. The molecule has 1 aromatic rings. The monoisotopic (exact) mass is 318 g/mol. The first kappa shape index (κ1) is 17.0. The molecule has 0 spiro atoms. The summed E-state index contributed by atoms with van der Waals surface area (Å²) in [5, 5.41) is 5.09. The van der Waals surface area contributed by atoms with E-state index >= 15 is 0 Å². The molecule has 0 aliphatic heterocycles. The second-order valence-electron chi connectivity index (χ2n) is 5.71. The summed E-state index contributed by atoms with van der Waals surface area (Å²) in [5.74, 6) is -0.225. The molecule has 1 fully saturated rings. The van der Waals surface area contributed by atoms with Crippen molar-refractivity contribution < 1.29 is 19.1 Å². The normalized spacial score (nSPS) is 16.2. The van der Waals surface area contributed by atoms with Crippen molar-refractivity contribution in [2.45, 2.75) is 51.2 Å². The van der Waals surface area contributed by atoms with Gasteiger partial charge >= 0.3 is 6.03 Å². The number of hydrogen-bond acceptors (Lipinski definition) is 4. The highest BCUT2D eigenvalue weighted by atomic mass is 16.5. The molecule has 1 atom stereocenters. The van der Waals surface area contributed by atoms with Gasteiger partial charge in [0.05, 0.1) is 5.56 Å². The maximum Gasteiger partial charge on any atom is 0.321 e. The average Bonchev–Trinajstić information content (AvgIpc) is 2.56. The molecule has 6 heteroatoms. The summed E-state index contributed by atoms with van der Waals surface area (Å²) in [5.41, 5.74) is 0.360. The minimum Gasteiger partial charge on any atom is -0.480 e. The van der Waals surface area contributed by atoms with Crippen LogP contribution < -0.4 is 15.4 Å². The third kappa shape index (κ3) is 5.09. The van der Waals surface area contributed by atoms with Gasteiger partial charge in [0.25, 0.3) is 5.91 Å². The lowest BCUT2D eigenvalue weighted by Gasteiger charge is -2.23. The largest absolute Gasteiger partial charge is 0.480 e. The first-order valence-corrected chi connectivity index (χ1v) is 7.92. The van der Waals surface area contributed by atoms with Crippen LogP contribution in [0.2, 0.25) is 0 Å². The lowest BCUT2D eigenvalue weighted by molar-refractivity contribution is -0.126. The second kappa shape index (κ2) is 8.31. The highest BCUT2D eigenvalue weighted by Crippen LogP contribution is 2.18. The fourth-order valence-electron chi connectivity index (χ4n) is 2.61. The van der Waals surface area contributed by atoms with E-state index in [1.54, 1.807) is 24.3 Å². The Bertz CT molecular complexity index is 567. The van der Waals surface area contributed by atoms with Gasteiger partial charge in [-0.3, -0.25) is 14.9 Å². The quantitative estimate of drug-likeness (QED) is 0.817. The molecule has 0 aromatic heterocycles. The number of carbonyl (C=O) groups excluding carboxylic acids is 3. The van der Waals surface area contributed by atoms with Crippen molar-refractivity contribution in [2.75, 3.05) is 0 Å². The van der Waals surface area contributed by atoms with E-state index in [-0.39, 0.29) is 6.04 Å². The van der Waals surface area contributed by atoms with Gasteiger partial charge in [-0.1, -0.05) is 31.4 Å². The Labute approximate surface area is 135 Å². The van der Waals surface area contributed by atoms with E-state index in [4.69, 9.17) is 4.74 Å². The number of hydrogen-bond donors (Lipinski definition) is 2. The van der Waals surface area contributed by atoms with Crippen LogP contribution in [0.3, 0.4) is 0 Å². The van der Waals surface area contributed by atoms with Crippen molar-refractivity contribution in [2.24, 2.45) is 0 Å². The number of ether oxygens (including phenoxy) is 1. The van der Waals surface area contributed by atoms with Crippen molar-refractivity contribution in [1.82, 2.24) is 10.6 Å². The van der Waals surface area contributed by atoms with Gasteiger partial charge < -0.3 is 10.1 Å². The molecule has 0 heterocycles. The van der Waals surface area contributed by atoms with E-state index in [9.17, 15) is 14.4 Å². The van der Waals surface area contributed by atoms with E-state index in [1.165, 1.54) is 13.3 Å². The fraction of sp³-hybridized carbons (Fsp3) is 0.471. The van der Waals surface area contributed by atoms with E-state index in [0.29, 0.717) is 17.6 Å². The van der Waals surface area contributed by atoms with Crippen LogP contribution in [0.4, 0.5) is 4.79 Å². The predicted molar refractivity (Wildman–Crippen MR) is 85.5 cm³/mol. The van der Waals surface area contributed by atoms with Crippen LogP contribution in [0.5, 0.6) is 5.75 Å². The third-order valence-electron chi connectivity index (χ3n) is 3.90. The number of carbonyl (C=O) groups is 3. The summed E-state index contributed by atoms with van der Waals surface area (Å²) < 4.78 is 5.47. The highest BCUT2D eigenvalue weighted by Gasteiger charge is 2.21. The molecule has 0 bridgehead atoms. The number of benzene rings is 1. The number of imide groups is 1. The van der Waals surface area contributed by atoms with E-state index in [0.717, 1.165) is 25.7 Å². The zero-order chi connectivity index (χ0) is 16.7. The van der Waals surface area contributed by atoms with Crippen molar-refractivity contribution in [3.8, 4) is 5.75 Å². The maximum absolute atomic E-state index is 12.0. The van der Waals surface area contributed by atoms with Crippen LogP contribution in [0.15, 0.2) is 24.3 Å². The van der Waals surface area contributed by atoms with Crippen molar-refractivity contribution in [3.63, 3.8) is 0 Å². The number of para-hydroxylation sites is 1. The van der Waals surface area contributed by atoms with Crippen LogP contribution in [-0.4, -0.2) is 30.4 Å². The van der Waals surface area contributed by atoms with Gasteiger partial charge in [0.15, 0.2) is 12.4 Å². The molecule has 124 valence electrons. The lowest BCUT2D eigenvalue weighted by Crippen LogP contribution is -2.48. The van der Waals surface area contributed by atoms with Gasteiger partial charge in [0.1, 0.15) is 5.75 Å². The lowest BCUT2D eigenvalue weighted by atomic mass is 9.96. The molecule has 1 aliphatic carbocycles. The molecule has 1 aliphatic rings. The summed E-state index contributed by atoms with van der Waals surface area (Å²) in [6, 6.07) is 6.25. The Morgan fingerprint density at radius 3 is 2.61 bits per heavy atom. The SMILES string of the molecule is C[C@H](Oc1ccccc1C=O)C(=O)NC(=O)NC1CCCCC1. The Kier molecular flexibility index (Phi) is 6.14. The number of amides is 3. The summed E-state index contributed by atoms with van der Waals surface area (Å²) >= 11 is 0. The second-order valence-corrected chi connectivity index (χ2v) is 5.71. The summed E-state index contributed by atoms with van der Waals surface area (Å²) in [6.45, 7) is 1.53. The molecule has 2 N–H and O–H groups in total. The molecule has 0 unspecified atom stereocenters. The number of rotatable bonds is 5. The van der Waals surface area contributed by atoms with E-state index < -0.39 is 18.0 Å². The topological polar surface area (TPSA) is 84.5 Å². The Morgan fingerprint density at radius 2 is 1.91 bits per heavy atom. The number of nitrogens with one attached hydrogen (secondary N) is 2. The van der Waals surface area contributed by atoms with Gasteiger partial charge in [-0.25, -0.2) is 4.79 Å². The molecule has 0 saturated heterocycles.